The van der Waals surface area contributed by atoms with Gasteiger partial charge in [0, 0.05) is 19.6 Å². The van der Waals surface area contributed by atoms with Crippen molar-refractivity contribution >= 4 is 5.91 Å². The van der Waals surface area contributed by atoms with E-state index in [-0.39, 0.29) is 11.7 Å². The number of hydrogen-bond acceptors (Lipinski definition) is 10. The maximum absolute atomic E-state index is 11.8. The molecule has 0 aliphatic carbocycles. The van der Waals surface area contributed by atoms with Crippen molar-refractivity contribution in [3.8, 4) is 5.75 Å². The Hall–Kier alpha value is -1.83. The van der Waals surface area contributed by atoms with Gasteiger partial charge < -0.3 is 48.3 Å². The van der Waals surface area contributed by atoms with Gasteiger partial charge in [-0.25, -0.2) is 0 Å². The Balaban J connectivity index is 1.70. The van der Waals surface area contributed by atoms with Gasteiger partial charge in [0.15, 0.2) is 0 Å². The number of nitrogens with one attached hydrogen (secondary N) is 1. The van der Waals surface area contributed by atoms with Gasteiger partial charge in [-0.05, 0) is 31.0 Å². The normalized spacial score (nSPS) is 11.2. The minimum Gasteiger partial charge on any atom is -0.508 e. The minimum absolute atomic E-state index is 0.0493. The highest BCUT2D eigenvalue weighted by Crippen LogP contribution is 2.09. The average molecular weight is 546 g/mol. The van der Waals surface area contributed by atoms with Crippen LogP contribution in [-0.2, 0) is 49.1 Å². The van der Waals surface area contributed by atoms with Gasteiger partial charge >= 0.3 is 0 Å². The monoisotopic (exact) mass is 545 g/mol. The van der Waals surface area contributed by atoms with E-state index in [4.69, 9.17) is 37.9 Å². The molecular formula is C27H47NO10. The standard InChI is InChI=1S/C27H47NO10/c1-2-31-11-12-33-15-16-35-19-20-37-23-24-38-22-21-36-18-17-34-14-13-32-10-8-27(30)28-9-7-25-3-5-26(29)6-4-25/h3-6,29H,2,7-24H2,1H3,(H,28,30). The highest BCUT2D eigenvalue weighted by molar-refractivity contribution is 5.75. The lowest BCUT2D eigenvalue weighted by molar-refractivity contribution is -0.122. The predicted octanol–water partition coefficient (Wildman–Crippen LogP) is 1.59. The summed E-state index contributed by atoms with van der Waals surface area (Å²) in [4.78, 5) is 11.8. The second kappa shape index (κ2) is 26.8. The summed E-state index contributed by atoms with van der Waals surface area (Å²) in [6, 6.07) is 6.95. The first-order valence-electron chi connectivity index (χ1n) is 13.4. The van der Waals surface area contributed by atoms with E-state index < -0.39 is 0 Å². The highest BCUT2D eigenvalue weighted by atomic mass is 16.6. The number of ether oxygens (including phenoxy) is 8. The molecule has 11 heteroatoms. The van der Waals surface area contributed by atoms with Gasteiger partial charge in [0.2, 0.25) is 5.91 Å². The SMILES string of the molecule is CCOCCOCCOCCOCCOCCOCCOCCOCCC(=O)NCCc1ccc(O)cc1. The average Bonchev–Trinajstić information content (AvgIpc) is 2.92. The Morgan fingerprint density at radius 2 is 0.974 bits per heavy atom. The van der Waals surface area contributed by atoms with Crippen LogP contribution in [0.3, 0.4) is 0 Å². The van der Waals surface area contributed by atoms with Crippen molar-refractivity contribution in [2.45, 2.75) is 19.8 Å². The number of phenolic OH excluding ortho intramolecular Hbond substituents is 1. The molecule has 0 fully saturated rings. The topological polar surface area (TPSA) is 123 Å². The number of aromatic hydroxyl groups is 1. The van der Waals surface area contributed by atoms with E-state index in [0.29, 0.717) is 125 Å². The van der Waals surface area contributed by atoms with Gasteiger partial charge in [0.05, 0.1) is 99.1 Å². The Bertz CT molecular complexity index is 647. The van der Waals surface area contributed by atoms with E-state index in [0.717, 1.165) is 5.56 Å². The molecule has 1 aromatic carbocycles. The molecule has 0 bridgehead atoms. The molecule has 0 saturated heterocycles. The Morgan fingerprint density at radius 3 is 1.37 bits per heavy atom. The quantitative estimate of drug-likeness (QED) is 0.150. The molecule has 0 unspecified atom stereocenters. The van der Waals surface area contributed by atoms with Crippen LogP contribution >= 0.6 is 0 Å². The summed E-state index contributed by atoms with van der Waals surface area (Å²) >= 11 is 0. The summed E-state index contributed by atoms with van der Waals surface area (Å²) in [6.07, 6.45) is 1.02. The number of rotatable bonds is 28. The third kappa shape index (κ3) is 23.3. The zero-order valence-corrected chi connectivity index (χ0v) is 22.9. The van der Waals surface area contributed by atoms with Crippen LogP contribution in [0.15, 0.2) is 24.3 Å². The third-order valence-electron chi connectivity index (χ3n) is 4.95. The van der Waals surface area contributed by atoms with Crippen molar-refractivity contribution in [2.24, 2.45) is 0 Å². The first kappa shape index (κ1) is 34.2. The van der Waals surface area contributed by atoms with Crippen LogP contribution in [-0.4, -0.2) is 123 Å². The molecular weight excluding hydrogens is 498 g/mol. The van der Waals surface area contributed by atoms with Crippen LogP contribution in [0.25, 0.3) is 0 Å². The second-order valence-electron chi connectivity index (χ2n) is 8.00. The van der Waals surface area contributed by atoms with Crippen molar-refractivity contribution in [1.82, 2.24) is 5.32 Å². The number of carbonyl (C=O) groups excluding carboxylic acids is 1. The molecule has 0 aliphatic rings. The van der Waals surface area contributed by atoms with Crippen LogP contribution in [0, 0.1) is 0 Å². The van der Waals surface area contributed by atoms with E-state index >= 15 is 0 Å². The number of benzene rings is 1. The predicted molar refractivity (Wildman–Crippen MR) is 142 cm³/mol. The second-order valence-corrected chi connectivity index (χ2v) is 8.00. The number of phenols is 1. The Morgan fingerprint density at radius 1 is 0.605 bits per heavy atom. The van der Waals surface area contributed by atoms with Crippen LogP contribution in [0.1, 0.15) is 18.9 Å². The van der Waals surface area contributed by atoms with Crippen molar-refractivity contribution in [1.29, 1.82) is 0 Å². The van der Waals surface area contributed by atoms with Gasteiger partial charge in [0.1, 0.15) is 5.75 Å². The van der Waals surface area contributed by atoms with Crippen LogP contribution in [0.4, 0.5) is 0 Å². The first-order valence-corrected chi connectivity index (χ1v) is 13.4. The van der Waals surface area contributed by atoms with E-state index in [1.54, 1.807) is 12.1 Å². The largest absolute Gasteiger partial charge is 0.508 e. The minimum atomic E-state index is -0.0493. The molecule has 0 atom stereocenters. The molecule has 0 aliphatic heterocycles. The Labute approximate surface area is 227 Å². The van der Waals surface area contributed by atoms with E-state index in [9.17, 15) is 9.90 Å². The fraction of sp³-hybridized carbons (Fsp3) is 0.741. The lowest BCUT2D eigenvalue weighted by Crippen LogP contribution is -2.26. The fourth-order valence-corrected chi connectivity index (χ4v) is 2.95. The third-order valence-corrected chi connectivity index (χ3v) is 4.95. The molecule has 2 N–H and O–H groups in total. The van der Waals surface area contributed by atoms with Crippen LogP contribution in [0.5, 0.6) is 5.75 Å². The van der Waals surface area contributed by atoms with Crippen molar-refractivity contribution in [3.63, 3.8) is 0 Å². The molecule has 220 valence electrons. The fourth-order valence-electron chi connectivity index (χ4n) is 2.95. The van der Waals surface area contributed by atoms with E-state index in [1.807, 2.05) is 19.1 Å². The summed E-state index contributed by atoms with van der Waals surface area (Å²) in [7, 11) is 0. The summed E-state index contributed by atoms with van der Waals surface area (Å²) in [5, 5.41) is 12.1. The van der Waals surface area contributed by atoms with Gasteiger partial charge in [0.25, 0.3) is 0 Å². The maximum atomic E-state index is 11.8. The highest BCUT2D eigenvalue weighted by Gasteiger charge is 2.02. The van der Waals surface area contributed by atoms with Crippen molar-refractivity contribution < 1.29 is 47.8 Å². The zero-order chi connectivity index (χ0) is 27.4. The summed E-state index contributed by atoms with van der Waals surface area (Å²) < 4.78 is 43.1. The molecule has 0 radical (unpaired) electrons. The molecule has 0 spiro atoms. The molecule has 0 saturated carbocycles. The summed E-state index contributed by atoms with van der Waals surface area (Å²) in [5.74, 6) is 0.186. The zero-order valence-electron chi connectivity index (χ0n) is 22.9. The number of hydrogen-bond donors (Lipinski definition) is 2. The van der Waals surface area contributed by atoms with Gasteiger partial charge in [-0.15, -0.1) is 0 Å². The van der Waals surface area contributed by atoms with Gasteiger partial charge in [-0.3, -0.25) is 4.79 Å². The molecule has 38 heavy (non-hydrogen) atoms. The summed E-state index contributed by atoms with van der Waals surface area (Å²) in [6.45, 7) is 10.8. The maximum Gasteiger partial charge on any atom is 0.222 e. The number of amides is 1. The smallest absolute Gasteiger partial charge is 0.222 e. The lowest BCUT2D eigenvalue weighted by Gasteiger charge is -2.09. The summed E-state index contributed by atoms with van der Waals surface area (Å²) in [5.41, 5.74) is 1.06. The first-order chi connectivity index (χ1) is 18.7. The molecule has 11 nitrogen and oxygen atoms in total. The lowest BCUT2D eigenvalue weighted by atomic mass is 10.1. The molecule has 1 amide bonds. The van der Waals surface area contributed by atoms with E-state index in [2.05, 4.69) is 5.32 Å². The van der Waals surface area contributed by atoms with E-state index in [1.165, 1.54) is 0 Å². The Kier molecular flexibility index (Phi) is 24.1. The van der Waals surface area contributed by atoms with Crippen LogP contribution in [0.2, 0.25) is 0 Å². The van der Waals surface area contributed by atoms with Crippen molar-refractivity contribution in [2.75, 3.05) is 112 Å². The van der Waals surface area contributed by atoms with Crippen molar-refractivity contribution in [3.05, 3.63) is 29.8 Å². The molecule has 1 rings (SSSR count). The molecule has 1 aromatic rings. The molecule has 0 heterocycles. The number of carbonyl (C=O) groups is 1. The van der Waals surface area contributed by atoms with Gasteiger partial charge in [-0.1, -0.05) is 12.1 Å². The van der Waals surface area contributed by atoms with Gasteiger partial charge in [-0.2, -0.15) is 0 Å². The molecule has 0 aromatic heterocycles. The van der Waals surface area contributed by atoms with Crippen LogP contribution < -0.4 is 5.32 Å².